The van der Waals surface area contributed by atoms with Gasteiger partial charge in [-0.05, 0) is 30.5 Å². The van der Waals surface area contributed by atoms with Crippen LogP contribution in [-0.2, 0) is 27.2 Å². The topological polar surface area (TPSA) is 54.0 Å². The Morgan fingerprint density at radius 1 is 1.33 bits per heavy atom. The van der Waals surface area contributed by atoms with E-state index in [1.807, 2.05) is 13.0 Å². The zero-order valence-corrected chi connectivity index (χ0v) is 12.8. The fraction of sp³-hybridized carbons (Fsp3) is 0.438. The molecule has 0 amide bonds. The lowest BCUT2D eigenvalue weighted by Gasteiger charge is -2.18. The van der Waals surface area contributed by atoms with Crippen molar-refractivity contribution in [3.63, 3.8) is 0 Å². The molecule has 2 rings (SSSR count). The minimum Gasteiger partial charge on any atom is -0.504 e. The fourth-order valence-electron chi connectivity index (χ4n) is 2.62. The van der Waals surface area contributed by atoms with Gasteiger partial charge >= 0.3 is 5.97 Å². The molecule has 1 aliphatic rings. The Bertz CT molecular complexity index is 575. The molecule has 0 saturated heterocycles. The van der Waals surface area contributed by atoms with E-state index >= 15 is 0 Å². The van der Waals surface area contributed by atoms with E-state index in [-0.39, 0.29) is 12.8 Å². The highest BCUT2D eigenvalue weighted by Crippen LogP contribution is 2.39. The third-order valence-electron chi connectivity index (χ3n) is 3.60. The molecule has 5 heteroatoms. The molecule has 0 fully saturated rings. The molecule has 1 aromatic carbocycles. The Morgan fingerprint density at radius 2 is 2.10 bits per heavy atom. The van der Waals surface area contributed by atoms with Crippen LogP contribution in [0.2, 0.25) is 0 Å². The standard InChI is InChI=1S/C16H20O5/c1-5-11-10(2)13-8-20-16(17)14(13)15(21-9-19-4)12(11)6-7-18-3/h6-7H,5,8-9H2,1-4H3/b7-6+. The van der Waals surface area contributed by atoms with E-state index in [9.17, 15) is 4.79 Å². The zero-order chi connectivity index (χ0) is 15.4. The third-order valence-corrected chi connectivity index (χ3v) is 3.60. The Morgan fingerprint density at radius 3 is 2.71 bits per heavy atom. The highest BCUT2D eigenvalue weighted by Gasteiger charge is 2.31. The van der Waals surface area contributed by atoms with Crippen LogP contribution >= 0.6 is 0 Å². The molecular weight excluding hydrogens is 272 g/mol. The maximum atomic E-state index is 12.0. The summed E-state index contributed by atoms with van der Waals surface area (Å²) in [6.07, 6.45) is 4.20. The van der Waals surface area contributed by atoms with Crippen molar-refractivity contribution in [3.05, 3.63) is 34.1 Å². The molecule has 1 aromatic rings. The first-order valence-electron chi connectivity index (χ1n) is 6.82. The molecule has 0 spiro atoms. The van der Waals surface area contributed by atoms with Crippen LogP contribution in [0.3, 0.4) is 0 Å². The number of hydrogen-bond donors (Lipinski definition) is 0. The number of benzene rings is 1. The summed E-state index contributed by atoms with van der Waals surface area (Å²) in [7, 11) is 3.12. The van der Waals surface area contributed by atoms with Gasteiger partial charge in [0.2, 0.25) is 0 Å². The quantitative estimate of drug-likeness (QED) is 0.458. The Hall–Kier alpha value is -2.01. The maximum Gasteiger partial charge on any atom is 0.342 e. The summed E-state index contributed by atoms with van der Waals surface area (Å²) < 4.78 is 20.8. The molecule has 0 N–H and O–H groups in total. The van der Waals surface area contributed by atoms with E-state index in [1.54, 1.807) is 13.4 Å². The number of fused-ring (bicyclic) bond motifs is 1. The second-order valence-electron chi connectivity index (χ2n) is 4.72. The molecule has 0 saturated carbocycles. The van der Waals surface area contributed by atoms with E-state index in [0.717, 1.165) is 28.7 Å². The monoisotopic (exact) mass is 292 g/mol. The van der Waals surface area contributed by atoms with Gasteiger partial charge in [0, 0.05) is 18.2 Å². The summed E-state index contributed by atoms with van der Waals surface area (Å²) in [5, 5.41) is 0. The van der Waals surface area contributed by atoms with Crippen LogP contribution in [-0.4, -0.2) is 27.0 Å². The number of cyclic esters (lactones) is 1. The fourth-order valence-corrected chi connectivity index (χ4v) is 2.62. The molecule has 0 atom stereocenters. The van der Waals surface area contributed by atoms with Crippen LogP contribution in [0.4, 0.5) is 0 Å². The Balaban J connectivity index is 2.69. The third kappa shape index (κ3) is 2.74. The van der Waals surface area contributed by atoms with Gasteiger partial charge in [-0.3, -0.25) is 0 Å². The van der Waals surface area contributed by atoms with Gasteiger partial charge in [0.1, 0.15) is 17.9 Å². The summed E-state index contributed by atoms with van der Waals surface area (Å²) in [4.78, 5) is 12.0. The van der Waals surface area contributed by atoms with Gasteiger partial charge in [0.05, 0.1) is 13.4 Å². The van der Waals surface area contributed by atoms with Gasteiger partial charge in [0.15, 0.2) is 6.79 Å². The largest absolute Gasteiger partial charge is 0.504 e. The zero-order valence-electron chi connectivity index (χ0n) is 12.8. The molecule has 1 heterocycles. The average molecular weight is 292 g/mol. The van der Waals surface area contributed by atoms with E-state index < -0.39 is 0 Å². The smallest absolute Gasteiger partial charge is 0.342 e. The summed E-state index contributed by atoms with van der Waals surface area (Å²) in [6.45, 7) is 4.44. The van der Waals surface area contributed by atoms with Crippen LogP contribution in [0.5, 0.6) is 5.75 Å². The van der Waals surface area contributed by atoms with Crippen molar-refractivity contribution in [1.29, 1.82) is 0 Å². The summed E-state index contributed by atoms with van der Waals surface area (Å²) in [5.41, 5.74) is 4.42. The molecule has 0 unspecified atom stereocenters. The number of carbonyl (C=O) groups excluding carboxylic acids is 1. The normalized spacial score (nSPS) is 13.4. The highest BCUT2D eigenvalue weighted by molar-refractivity contribution is 5.98. The van der Waals surface area contributed by atoms with Crippen molar-refractivity contribution in [2.75, 3.05) is 21.0 Å². The second kappa shape index (κ2) is 6.63. The number of ether oxygens (including phenoxy) is 4. The van der Waals surface area contributed by atoms with Gasteiger partial charge in [0.25, 0.3) is 0 Å². The average Bonchev–Trinajstić information content (AvgIpc) is 2.87. The Labute approximate surface area is 124 Å². The molecule has 0 aromatic heterocycles. The van der Waals surface area contributed by atoms with Gasteiger partial charge in [-0.2, -0.15) is 0 Å². The van der Waals surface area contributed by atoms with Crippen molar-refractivity contribution >= 4 is 12.0 Å². The minimum absolute atomic E-state index is 0.0692. The number of hydrogen-bond acceptors (Lipinski definition) is 5. The molecule has 114 valence electrons. The van der Waals surface area contributed by atoms with Crippen molar-refractivity contribution in [3.8, 4) is 5.75 Å². The molecule has 0 bridgehead atoms. The first-order chi connectivity index (χ1) is 10.2. The summed E-state index contributed by atoms with van der Waals surface area (Å²) in [6, 6.07) is 0. The van der Waals surface area contributed by atoms with Gasteiger partial charge < -0.3 is 18.9 Å². The molecule has 1 aliphatic heterocycles. The number of rotatable bonds is 6. The van der Waals surface area contributed by atoms with Crippen molar-refractivity contribution in [2.45, 2.75) is 26.9 Å². The first-order valence-corrected chi connectivity index (χ1v) is 6.82. The van der Waals surface area contributed by atoms with E-state index in [0.29, 0.717) is 17.9 Å². The van der Waals surface area contributed by atoms with Crippen molar-refractivity contribution < 1.29 is 23.7 Å². The van der Waals surface area contributed by atoms with E-state index in [4.69, 9.17) is 18.9 Å². The van der Waals surface area contributed by atoms with Crippen molar-refractivity contribution in [2.24, 2.45) is 0 Å². The van der Waals surface area contributed by atoms with Crippen LogP contribution in [0, 0.1) is 6.92 Å². The maximum absolute atomic E-state index is 12.0. The minimum atomic E-state index is -0.353. The van der Waals surface area contributed by atoms with Gasteiger partial charge in [-0.15, -0.1) is 0 Å². The lowest BCUT2D eigenvalue weighted by atomic mass is 9.90. The molecular formula is C16H20O5. The Kier molecular flexibility index (Phi) is 4.85. The lowest BCUT2D eigenvalue weighted by Crippen LogP contribution is -2.09. The molecule has 0 aliphatic carbocycles. The molecule has 5 nitrogen and oxygen atoms in total. The summed E-state index contributed by atoms with van der Waals surface area (Å²) >= 11 is 0. The lowest BCUT2D eigenvalue weighted by molar-refractivity contribution is 0.0458. The van der Waals surface area contributed by atoms with Crippen LogP contribution in [0.15, 0.2) is 6.26 Å². The first kappa shape index (κ1) is 15.4. The van der Waals surface area contributed by atoms with Crippen LogP contribution < -0.4 is 4.74 Å². The van der Waals surface area contributed by atoms with E-state index in [2.05, 4.69) is 6.92 Å². The number of esters is 1. The number of methoxy groups -OCH3 is 2. The number of carbonyl (C=O) groups is 1. The highest BCUT2D eigenvalue weighted by atomic mass is 16.7. The molecule has 0 radical (unpaired) electrons. The van der Waals surface area contributed by atoms with Crippen LogP contribution in [0.25, 0.3) is 6.08 Å². The van der Waals surface area contributed by atoms with Gasteiger partial charge in [-0.25, -0.2) is 4.79 Å². The van der Waals surface area contributed by atoms with E-state index in [1.165, 1.54) is 7.11 Å². The SMILES string of the molecule is CCc1c(C)c2c(c(OCOC)c1/C=C/OC)C(=O)OC2. The predicted octanol–water partition coefficient (Wildman–Crippen LogP) is 2.83. The predicted molar refractivity (Wildman–Crippen MR) is 78.2 cm³/mol. The molecule has 21 heavy (non-hydrogen) atoms. The van der Waals surface area contributed by atoms with Crippen molar-refractivity contribution in [1.82, 2.24) is 0 Å². The van der Waals surface area contributed by atoms with Gasteiger partial charge in [-0.1, -0.05) is 6.92 Å². The van der Waals surface area contributed by atoms with Crippen LogP contribution in [0.1, 0.15) is 39.5 Å². The summed E-state index contributed by atoms with van der Waals surface area (Å²) in [5.74, 6) is 0.152. The second-order valence-corrected chi connectivity index (χ2v) is 4.72.